The summed E-state index contributed by atoms with van der Waals surface area (Å²) in [6.45, 7) is 2.93. The molecule has 6 nitrogen and oxygen atoms in total. The van der Waals surface area contributed by atoms with Crippen LogP contribution in [0.3, 0.4) is 0 Å². The average Bonchev–Trinajstić information content (AvgIpc) is 3.43. The van der Waals surface area contributed by atoms with Crippen LogP contribution in [-0.2, 0) is 13.0 Å². The summed E-state index contributed by atoms with van der Waals surface area (Å²) in [6.07, 6.45) is 10.1. The van der Waals surface area contributed by atoms with Crippen molar-refractivity contribution in [2.75, 3.05) is 11.5 Å². The van der Waals surface area contributed by atoms with Gasteiger partial charge < -0.3 is 14.7 Å². The van der Waals surface area contributed by atoms with Crippen molar-refractivity contribution in [3.8, 4) is 11.6 Å². The number of aryl methyl sites for hydroxylation is 2. The lowest BCUT2D eigenvalue weighted by molar-refractivity contribution is 0.566. The van der Waals surface area contributed by atoms with E-state index < -0.39 is 0 Å². The standard InChI is InChI=1S/C24H27N5OS/c1-2-3-4-5-9-15-29-22(19-13-10-16-30-19)26-20-21(25)27-24(28-23(20)29)31-17-14-18-11-7-6-8-12-18/h3-4,6-8,10-13,16H,2,5,9,14-15,17H2,1H3,(H2,25,27,28). The molecule has 0 amide bonds. The lowest BCUT2D eigenvalue weighted by atomic mass is 10.2. The molecule has 0 radical (unpaired) electrons. The number of anilines is 1. The van der Waals surface area contributed by atoms with Crippen LogP contribution in [0.4, 0.5) is 5.82 Å². The van der Waals surface area contributed by atoms with E-state index >= 15 is 0 Å². The van der Waals surface area contributed by atoms with Gasteiger partial charge in [0.1, 0.15) is 0 Å². The monoisotopic (exact) mass is 433 g/mol. The topological polar surface area (TPSA) is 82.8 Å². The first-order valence-corrected chi connectivity index (χ1v) is 11.6. The minimum absolute atomic E-state index is 0.407. The number of allylic oxidation sites excluding steroid dienone is 2. The molecule has 0 bridgehead atoms. The van der Waals surface area contributed by atoms with E-state index in [1.165, 1.54) is 5.56 Å². The number of unbranched alkanes of at least 4 members (excludes halogenated alkanes) is 1. The maximum Gasteiger partial charge on any atom is 0.191 e. The van der Waals surface area contributed by atoms with Crippen molar-refractivity contribution in [2.45, 2.75) is 44.3 Å². The fraction of sp³-hybridized carbons (Fsp3) is 0.292. The Bertz CT molecular complexity index is 1140. The van der Waals surface area contributed by atoms with E-state index in [1.807, 2.05) is 18.2 Å². The molecule has 7 heteroatoms. The molecule has 0 atom stereocenters. The van der Waals surface area contributed by atoms with E-state index in [-0.39, 0.29) is 0 Å². The molecule has 0 saturated heterocycles. The Morgan fingerprint density at radius 1 is 1.06 bits per heavy atom. The van der Waals surface area contributed by atoms with Crippen molar-refractivity contribution in [3.63, 3.8) is 0 Å². The molecule has 0 aliphatic carbocycles. The predicted octanol–water partition coefficient (Wildman–Crippen LogP) is 5.75. The van der Waals surface area contributed by atoms with Crippen molar-refractivity contribution >= 4 is 28.7 Å². The number of hydrogen-bond acceptors (Lipinski definition) is 6. The summed E-state index contributed by atoms with van der Waals surface area (Å²) in [5, 5.41) is 0.680. The van der Waals surface area contributed by atoms with Gasteiger partial charge in [-0.1, -0.05) is 61.2 Å². The van der Waals surface area contributed by atoms with Crippen LogP contribution in [0.15, 0.2) is 70.5 Å². The molecule has 0 unspecified atom stereocenters. The van der Waals surface area contributed by atoms with Gasteiger partial charge in [-0.15, -0.1) is 0 Å². The Kier molecular flexibility index (Phi) is 7.04. The van der Waals surface area contributed by atoms with E-state index in [1.54, 1.807) is 18.0 Å². The number of imidazole rings is 1. The van der Waals surface area contributed by atoms with Gasteiger partial charge in [0.25, 0.3) is 0 Å². The van der Waals surface area contributed by atoms with Gasteiger partial charge in [-0.2, -0.15) is 0 Å². The van der Waals surface area contributed by atoms with Gasteiger partial charge in [0.15, 0.2) is 33.7 Å². The summed E-state index contributed by atoms with van der Waals surface area (Å²) in [4.78, 5) is 14.1. The fourth-order valence-electron chi connectivity index (χ4n) is 3.43. The van der Waals surface area contributed by atoms with E-state index in [9.17, 15) is 0 Å². The molecule has 1 aromatic carbocycles. The Morgan fingerprint density at radius 3 is 2.71 bits per heavy atom. The van der Waals surface area contributed by atoms with Gasteiger partial charge >= 0.3 is 0 Å². The van der Waals surface area contributed by atoms with Crippen LogP contribution < -0.4 is 5.73 Å². The van der Waals surface area contributed by atoms with Crippen LogP contribution in [0.5, 0.6) is 0 Å². The van der Waals surface area contributed by atoms with Crippen LogP contribution in [0.1, 0.15) is 31.7 Å². The van der Waals surface area contributed by atoms with Crippen LogP contribution in [0, 0.1) is 0 Å². The lowest BCUT2D eigenvalue weighted by Gasteiger charge is -2.07. The second kappa shape index (κ2) is 10.3. The highest BCUT2D eigenvalue weighted by Gasteiger charge is 2.19. The van der Waals surface area contributed by atoms with Gasteiger partial charge in [-0.3, -0.25) is 0 Å². The first-order chi connectivity index (χ1) is 15.3. The number of nitrogen functional groups attached to an aromatic ring is 1. The fourth-order valence-corrected chi connectivity index (χ4v) is 4.26. The summed E-state index contributed by atoms with van der Waals surface area (Å²) in [6, 6.07) is 14.2. The summed E-state index contributed by atoms with van der Waals surface area (Å²) in [5.41, 5.74) is 8.98. The van der Waals surface area contributed by atoms with Crippen molar-refractivity contribution in [2.24, 2.45) is 0 Å². The summed E-state index contributed by atoms with van der Waals surface area (Å²) in [7, 11) is 0. The van der Waals surface area contributed by atoms with E-state index in [4.69, 9.17) is 20.1 Å². The maximum absolute atomic E-state index is 6.29. The molecular formula is C24H27N5OS. The zero-order valence-corrected chi connectivity index (χ0v) is 18.5. The minimum atomic E-state index is 0.407. The summed E-state index contributed by atoms with van der Waals surface area (Å²) >= 11 is 1.62. The first kappa shape index (κ1) is 21.2. The van der Waals surface area contributed by atoms with Crippen LogP contribution >= 0.6 is 11.8 Å². The third kappa shape index (κ3) is 5.17. The molecule has 0 spiro atoms. The average molecular weight is 434 g/mol. The number of rotatable bonds is 10. The molecule has 0 aliphatic heterocycles. The molecule has 0 fully saturated rings. The molecule has 0 saturated carbocycles. The zero-order chi connectivity index (χ0) is 21.5. The maximum atomic E-state index is 6.29. The lowest BCUT2D eigenvalue weighted by Crippen LogP contribution is -2.04. The highest BCUT2D eigenvalue weighted by molar-refractivity contribution is 7.99. The highest BCUT2D eigenvalue weighted by atomic mass is 32.2. The predicted molar refractivity (Wildman–Crippen MR) is 127 cm³/mol. The van der Waals surface area contributed by atoms with Crippen LogP contribution in [0.2, 0.25) is 0 Å². The third-order valence-electron chi connectivity index (χ3n) is 4.96. The van der Waals surface area contributed by atoms with Gasteiger partial charge in [0.05, 0.1) is 6.26 Å². The quantitative estimate of drug-likeness (QED) is 0.148. The van der Waals surface area contributed by atoms with E-state index in [0.717, 1.165) is 49.5 Å². The van der Waals surface area contributed by atoms with Crippen molar-refractivity contribution < 1.29 is 4.42 Å². The molecule has 4 aromatic rings. The van der Waals surface area contributed by atoms with Gasteiger partial charge in [0, 0.05) is 12.3 Å². The summed E-state index contributed by atoms with van der Waals surface area (Å²) < 4.78 is 7.73. The molecule has 3 heterocycles. The number of aromatic nitrogens is 4. The van der Waals surface area contributed by atoms with Crippen LogP contribution in [0.25, 0.3) is 22.7 Å². The Hall–Kier alpha value is -3.06. The number of thioether (sulfide) groups is 1. The molecule has 2 N–H and O–H groups in total. The highest BCUT2D eigenvalue weighted by Crippen LogP contribution is 2.29. The molecule has 0 aliphatic rings. The number of fused-ring (bicyclic) bond motifs is 1. The number of benzene rings is 1. The third-order valence-corrected chi connectivity index (χ3v) is 5.81. The largest absolute Gasteiger partial charge is 0.461 e. The van der Waals surface area contributed by atoms with Crippen LogP contribution in [-0.4, -0.2) is 25.3 Å². The molecular weight excluding hydrogens is 406 g/mol. The van der Waals surface area contributed by atoms with E-state index in [2.05, 4.69) is 52.9 Å². The number of nitrogens with zero attached hydrogens (tertiary/aromatic N) is 4. The van der Waals surface area contributed by atoms with Crippen molar-refractivity contribution in [1.29, 1.82) is 0 Å². The smallest absolute Gasteiger partial charge is 0.191 e. The SMILES string of the molecule is CCC=CCCCn1c(-c2ccco2)nc2c(N)nc(SCCc3ccccc3)nc21. The van der Waals surface area contributed by atoms with E-state index in [0.29, 0.717) is 22.3 Å². The second-order valence-corrected chi connectivity index (χ2v) is 8.30. The Morgan fingerprint density at radius 2 is 1.94 bits per heavy atom. The minimum Gasteiger partial charge on any atom is -0.461 e. The number of hydrogen-bond donors (Lipinski definition) is 1. The zero-order valence-electron chi connectivity index (χ0n) is 17.7. The summed E-state index contributed by atoms with van der Waals surface area (Å²) in [5.74, 6) is 2.74. The Labute approximate surface area is 186 Å². The number of furan rings is 1. The Balaban J connectivity index is 1.59. The second-order valence-electron chi connectivity index (χ2n) is 7.23. The number of nitrogens with two attached hydrogens (primary N) is 1. The molecule has 31 heavy (non-hydrogen) atoms. The van der Waals surface area contributed by atoms with Gasteiger partial charge in [0.2, 0.25) is 0 Å². The first-order valence-electron chi connectivity index (χ1n) is 10.7. The normalized spacial score (nSPS) is 11.6. The van der Waals surface area contributed by atoms with Crippen molar-refractivity contribution in [3.05, 3.63) is 66.4 Å². The van der Waals surface area contributed by atoms with Gasteiger partial charge in [-0.25, -0.2) is 15.0 Å². The molecule has 3 aromatic heterocycles. The van der Waals surface area contributed by atoms with Gasteiger partial charge in [-0.05, 0) is 43.4 Å². The molecule has 4 rings (SSSR count). The molecule has 160 valence electrons. The van der Waals surface area contributed by atoms with Crippen molar-refractivity contribution in [1.82, 2.24) is 19.5 Å².